The number of aromatic nitrogens is 7. The van der Waals surface area contributed by atoms with Gasteiger partial charge in [-0.15, -0.1) is 10.2 Å². The van der Waals surface area contributed by atoms with Crippen molar-refractivity contribution in [3.8, 4) is 22.5 Å². The molecule has 40 heavy (non-hydrogen) atoms. The highest BCUT2D eigenvalue weighted by Gasteiger charge is 2.19. The monoisotopic (exact) mass is 757 g/mol. The van der Waals surface area contributed by atoms with E-state index in [2.05, 4.69) is 167 Å². The molecule has 0 aliphatic heterocycles. The van der Waals surface area contributed by atoms with Crippen LogP contribution in [0.5, 0.6) is 0 Å². The van der Waals surface area contributed by atoms with Crippen LogP contribution in [-0.4, -0.2) is 35.0 Å². The molecule has 2 aromatic carbocycles. The summed E-state index contributed by atoms with van der Waals surface area (Å²) in [6, 6.07) is 19.5. The predicted molar refractivity (Wildman–Crippen MR) is 176 cm³/mol. The lowest BCUT2D eigenvalue weighted by Gasteiger charge is -2.19. The van der Waals surface area contributed by atoms with Crippen LogP contribution in [-0.2, 0) is 23.9 Å². The zero-order chi connectivity index (χ0) is 28.7. The smallest absolute Gasteiger partial charge is 0.128 e. The number of rotatable bonds is 6. The molecule has 3 aromatic heterocycles. The van der Waals surface area contributed by atoms with E-state index in [0.29, 0.717) is 13.1 Å². The summed E-state index contributed by atoms with van der Waals surface area (Å²) in [6.07, 6.45) is 3.65. The Balaban J connectivity index is 1.35. The van der Waals surface area contributed by atoms with Crippen molar-refractivity contribution >= 4 is 45.2 Å². The van der Waals surface area contributed by atoms with Crippen LogP contribution >= 0.6 is 45.2 Å². The molecule has 0 N–H and O–H groups in total. The summed E-state index contributed by atoms with van der Waals surface area (Å²) in [4.78, 5) is 4.51. The lowest BCUT2D eigenvalue weighted by atomic mass is 9.87. The Hall–Kier alpha value is -2.67. The topological polar surface area (TPSA) is 74.3 Å². The molecule has 0 atom stereocenters. The first-order chi connectivity index (χ1) is 18.9. The fraction of sp³-hybridized carbons (Fsp3) is 0.323. The van der Waals surface area contributed by atoms with Gasteiger partial charge in [0.05, 0.1) is 13.1 Å². The molecule has 0 saturated carbocycles. The van der Waals surface area contributed by atoms with Crippen molar-refractivity contribution in [2.75, 3.05) is 0 Å². The molecule has 5 rings (SSSR count). The molecule has 0 aliphatic carbocycles. The fourth-order valence-electron chi connectivity index (χ4n) is 4.42. The van der Waals surface area contributed by atoms with Crippen LogP contribution in [0.1, 0.15) is 63.8 Å². The van der Waals surface area contributed by atoms with Gasteiger partial charge in [0.1, 0.15) is 18.8 Å². The zero-order valence-corrected chi connectivity index (χ0v) is 28.0. The summed E-state index contributed by atoms with van der Waals surface area (Å²) in [5, 5.41) is 17.9. The van der Waals surface area contributed by atoms with Crippen molar-refractivity contribution < 1.29 is 0 Å². The van der Waals surface area contributed by atoms with Crippen LogP contribution in [0.2, 0.25) is 0 Å². The minimum absolute atomic E-state index is 0.131. The minimum Gasteiger partial charge on any atom is -0.263 e. The van der Waals surface area contributed by atoms with Gasteiger partial charge in [0, 0.05) is 23.5 Å². The van der Waals surface area contributed by atoms with Crippen molar-refractivity contribution in [3.05, 3.63) is 96.6 Å². The van der Waals surface area contributed by atoms with Gasteiger partial charge in [0.25, 0.3) is 0 Å². The van der Waals surface area contributed by atoms with E-state index in [-0.39, 0.29) is 10.8 Å². The van der Waals surface area contributed by atoms with Crippen molar-refractivity contribution in [1.82, 2.24) is 35.0 Å². The van der Waals surface area contributed by atoms with E-state index in [9.17, 15) is 0 Å². The second kappa shape index (κ2) is 11.3. The summed E-state index contributed by atoms with van der Waals surface area (Å²) in [5.74, 6) is 0. The van der Waals surface area contributed by atoms with Crippen LogP contribution in [0.4, 0.5) is 0 Å². The van der Waals surface area contributed by atoms with Crippen LogP contribution in [0.25, 0.3) is 22.5 Å². The quantitative estimate of drug-likeness (QED) is 0.168. The van der Waals surface area contributed by atoms with E-state index in [1.54, 1.807) is 0 Å². The maximum atomic E-state index is 4.51. The average Bonchev–Trinajstić information content (AvgIpc) is 3.45. The molecule has 9 heteroatoms. The number of benzene rings is 2. The molecule has 206 valence electrons. The third-order valence-corrected chi connectivity index (χ3v) is 9.07. The van der Waals surface area contributed by atoms with Gasteiger partial charge in [-0.1, -0.05) is 101 Å². The van der Waals surface area contributed by atoms with E-state index in [4.69, 9.17) is 0 Å². The molecular weight excluding hydrogens is 724 g/mol. The predicted octanol–water partition coefficient (Wildman–Crippen LogP) is 7.50. The maximum absolute atomic E-state index is 4.51. The standard InChI is InChI=1S/C31H33I2N7/c1-30(2,3)24-11-7-20(8-12-24)18-39-28(32)26(35-37-39)22-15-23(17-34-16-22)27-29(33)40(38-36-27)19-21-9-13-25(14-10-21)31(4,5)6/h7-17H,18-19H2,1-6H3. The third-order valence-electron chi connectivity index (χ3n) is 6.94. The van der Waals surface area contributed by atoms with E-state index >= 15 is 0 Å². The number of pyridine rings is 1. The molecule has 0 amide bonds. The van der Waals surface area contributed by atoms with Gasteiger partial charge >= 0.3 is 0 Å². The number of nitrogens with zero attached hydrogens (tertiary/aromatic N) is 7. The molecule has 0 unspecified atom stereocenters. The Labute approximate surface area is 263 Å². The van der Waals surface area contributed by atoms with Gasteiger partial charge in [-0.2, -0.15) is 0 Å². The van der Waals surface area contributed by atoms with E-state index in [1.165, 1.54) is 22.3 Å². The molecule has 0 bridgehead atoms. The Kier molecular flexibility index (Phi) is 8.15. The van der Waals surface area contributed by atoms with Crippen LogP contribution in [0.15, 0.2) is 67.0 Å². The van der Waals surface area contributed by atoms with Gasteiger partial charge in [0.2, 0.25) is 0 Å². The Morgan fingerprint density at radius 1 is 0.600 bits per heavy atom. The van der Waals surface area contributed by atoms with Crippen molar-refractivity contribution in [1.29, 1.82) is 0 Å². The summed E-state index contributed by atoms with van der Waals surface area (Å²) in [5.41, 5.74) is 8.69. The number of halogens is 2. The first-order valence-corrected chi connectivity index (χ1v) is 15.4. The van der Waals surface area contributed by atoms with Gasteiger partial charge in [-0.05, 0) is 84.3 Å². The molecule has 0 fully saturated rings. The maximum Gasteiger partial charge on any atom is 0.128 e. The summed E-state index contributed by atoms with van der Waals surface area (Å²) >= 11 is 4.64. The van der Waals surface area contributed by atoms with Crippen molar-refractivity contribution in [2.45, 2.75) is 65.5 Å². The number of hydrogen-bond donors (Lipinski definition) is 0. The van der Waals surface area contributed by atoms with Gasteiger partial charge in [-0.25, -0.2) is 9.36 Å². The Bertz CT molecular complexity index is 1500. The molecular formula is C31H33I2N7. The highest BCUT2D eigenvalue weighted by molar-refractivity contribution is 14.1. The van der Waals surface area contributed by atoms with Gasteiger partial charge < -0.3 is 0 Å². The first kappa shape index (κ1) is 28.8. The summed E-state index contributed by atoms with van der Waals surface area (Å²) < 4.78 is 5.79. The van der Waals surface area contributed by atoms with Gasteiger partial charge in [0.15, 0.2) is 0 Å². The second-order valence-electron chi connectivity index (χ2n) is 12.1. The lowest BCUT2D eigenvalue weighted by Crippen LogP contribution is -2.11. The summed E-state index contributed by atoms with van der Waals surface area (Å²) in [6.45, 7) is 14.7. The Morgan fingerprint density at radius 3 is 1.32 bits per heavy atom. The van der Waals surface area contributed by atoms with Gasteiger partial charge in [-0.3, -0.25) is 4.98 Å². The SMILES string of the molecule is CC(C)(C)c1ccc(Cn2nnc(-c3cncc(-c4nnn(Cc5ccc(C(C)(C)C)cc5)c4I)c3)c2I)cc1. The first-order valence-electron chi connectivity index (χ1n) is 13.2. The molecule has 5 aromatic rings. The fourth-order valence-corrected chi connectivity index (χ4v) is 5.80. The molecule has 7 nitrogen and oxygen atoms in total. The van der Waals surface area contributed by atoms with E-state index in [0.717, 1.165) is 29.9 Å². The van der Waals surface area contributed by atoms with Crippen molar-refractivity contribution in [2.24, 2.45) is 0 Å². The normalized spacial score (nSPS) is 12.2. The summed E-state index contributed by atoms with van der Waals surface area (Å²) in [7, 11) is 0. The zero-order valence-electron chi connectivity index (χ0n) is 23.7. The van der Waals surface area contributed by atoms with E-state index in [1.807, 2.05) is 21.8 Å². The van der Waals surface area contributed by atoms with Crippen LogP contribution in [0, 0.1) is 7.40 Å². The Morgan fingerprint density at radius 2 is 0.975 bits per heavy atom. The molecule has 0 radical (unpaired) electrons. The third kappa shape index (κ3) is 6.29. The van der Waals surface area contributed by atoms with Crippen molar-refractivity contribution in [3.63, 3.8) is 0 Å². The molecule has 3 heterocycles. The minimum atomic E-state index is 0.131. The number of hydrogen-bond acceptors (Lipinski definition) is 5. The van der Waals surface area contributed by atoms with Crippen LogP contribution in [0.3, 0.4) is 0 Å². The lowest BCUT2D eigenvalue weighted by molar-refractivity contribution is 0.588. The largest absolute Gasteiger partial charge is 0.263 e. The average molecular weight is 757 g/mol. The van der Waals surface area contributed by atoms with Crippen LogP contribution < -0.4 is 0 Å². The molecule has 0 spiro atoms. The van der Waals surface area contributed by atoms with E-state index < -0.39 is 0 Å². The highest BCUT2D eigenvalue weighted by atomic mass is 127. The molecule has 0 aliphatic rings. The molecule has 0 saturated heterocycles. The second-order valence-corrected chi connectivity index (χ2v) is 14.2. The highest BCUT2D eigenvalue weighted by Crippen LogP contribution is 2.29.